The van der Waals surface area contributed by atoms with Crippen molar-refractivity contribution in [3.05, 3.63) is 0 Å². The first-order valence-corrected chi connectivity index (χ1v) is 2.83. The molecule has 0 aromatic heterocycles. The van der Waals surface area contributed by atoms with Gasteiger partial charge in [0.1, 0.15) is 0 Å². The highest BCUT2D eigenvalue weighted by molar-refractivity contribution is 6.24. The summed E-state index contributed by atoms with van der Waals surface area (Å²) in [5.74, 6) is 0. The second kappa shape index (κ2) is 67.7. The summed E-state index contributed by atoms with van der Waals surface area (Å²) in [4.78, 5) is 0. The lowest BCUT2D eigenvalue weighted by Crippen LogP contribution is -2.56. The van der Waals surface area contributed by atoms with Crippen molar-refractivity contribution < 1.29 is 32.3 Å². The van der Waals surface area contributed by atoms with Crippen LogP contribution >= 0.6 is 0 Å². The largest absolute Gasteiger partial charge is 0.907 e. The van der Waals surface area contributed by atoms with Crippen molar-refractivity contribution in [2.45, 2.75) is 0 Å². The first kappa shape index (κ1) is 22.6. The van der Waals surface area contributed by atoms with Gasteiger partial charge < -0.3 is 32.3 Å². The molecule has 0 amide bonds. The summed E-state index contributed by atoms with van der Waals surface area (Å²) in [6.07, 6.45) is 0. The maximum atomic E-state index is 8.42. The maximum absolute atomic E-state index is 8.42. The Morgan fingerprint density at radius 2 is 0.700 bits per heavy atom. The van der Waals surface area contributed by atoms with E-state index in [4.69, 9.17) is 15.1 Å². The lowest BCUT2D eigenvalue weighted by molar-refractivity contribution is -0.479. The molecule has 0 radical (unpaired) electrons. The Kier molecular flexibility index (Phi) is 153. The van der Waals surface area contributed by atoms with Crippen LogP contribution in [0.3, 0.4) is 0 Å². The normalized spacial score (nSPS) is 4.50. The zero-order valence-corrected chi connectivity index (χ0v) is 6.92. The molecule has 0 bridgehead atoms. The van der Waals surface area contributed by atoms with Crippen molar-refractivity contribution in [2.24, 2.45) is 0 Å². The third kappa shape index (κ3) is 11900. The summed E-state index contributed by atoms with van der Waals surface area (Å²) >= 11 is 0. The molecule has 7 heteroatoms. The molecule has 0 fully saturated rings. The SMILES string of the molecule is C[NH3+].C[NH3+].C[NH3+].[O-]B([O-])[O-]. The highest BCUT2D eigenvalue weighted by atomic mass is 16.5. The van der Waals surface area contributed by atoms with Gasteiger partial charge in [-0.15, -0.1) is 0 Å². The predicted molar refractivity (Wildman–Crippen MR) is 32.2 cm³/mol. The Hall–Kier alpha value is -0.175. The average Bonchev–Trinajstić information content (AvgIpc) is 1.98. The molecule has 0 aromatic rings. The minimum absolute atomic E-state index is 1.75. The maximum Gasteiger partial charge on any atom is 0.0634 e. The standard InChI is InChI=1S/3CH5N.BO3/c3*1-2;2-1(3)4/h3*2H2,1H3;/q;;;-3/p+3. The molecule has 10 heavy (non-hydrogen) atoms. The van der Waals surface area contributed by atoms with Gasteiger partial charge in [0.05, 0.1) is 21.1 Å². The molecular formula is C3H18BN3O3. The van der Waals surface area contributed by atoms with E-state index in [1.807, 2.05) is 0 Å². The summed E-state index contributed by atoms with van der Waals surface area (Å²) < 4.78 is 0. The first-order valence-electron chi connectivity index (χ1n) is 2.83. The molecule has 0 rings (SSSR count). The topological polar surface area (TPSA) is 152 Å². The Balaban J connectivity index is -0.0000000262. The van der Waals surface area contributed by atoms with Crippen LogP contribution in [-0.4, -0.2) is 28.5 Å². The van der Waals surface area contributed by atoms with Gasteiger partial charge in [-0.3, -0.25) is 7.32 Å². The third-order valence-corrected chi connectivity index (χ3v) is 0. The van der Waals surface area contributed by atoms with Crippen LogP contribution < -0.4 is 32.3 Å². The van der Waals surface area contributed by atoms with E-state index in [1.165, 1.54) is 0 Å². The molecule has 0 aliphatic rings. The number of hydrogen-bond acceptors (Lipinski definition) is 3. The van der Waals surface area contributed by atoms with E-state index >= 15 is 0 Å². The molecule has 0 spiro atoms. The van der Waals surface area contributed by atoms with Crippen LogP contribution in [0.1, 0.15) is 0 Å². The molecule has 0 saturated heterocycles. The zero-order valence-electron chi connectivity index (χ0n) is 6.92. The van der Waals surface area contributed by atoms with Gasteiger partial charge in [-0.1, -0.05) is 0 Å². The second-order valence-electron chi connectivity index (χ2n) is 0.289. The molecule has 9 N–H and O–H groups in total. The van der Waals surface area contributed by atoms with Gasteiger partial charge in [-0.05, 0) is 0 Å². The smallest absolute Gasteiger partial charge is 0.0634 e. The fourth-order valence-corrected chi connectivity index (χ4v) is 0. The minimum Gasteiger partial charge on any atom is -0.907 e. The summed E-state index contributed by atoms with van der Waals surface area (Å²) in [7, 11) is 2.33. The number of hydrogen-bond donors (Lipinski definition) is 3. The Morgan fingerprint density at radius 3 is 0.700 bits per heavy atom. The monoisotopic (exact) mass is 155 g/mol. The van der Waals surface area contributed by atoms with Crippen molar-refractivity contribution in [1.82, 2.24) is 0 Å². The molecule has 0 aliphatic heterocycles. The van der Waals surface area contributed by atoms with E-state index < -0.39 is 7.32 Å². The number of quaternary nitrogens is 3. The van der Waals surface area contributed by atoms with Crippen LogP contribution in [-0.2, 0) is 0 Å². The van der Waals surface area contributed by atoms with Crippen LogP contribution in [0.4, 0.5) is 0 Å². The summed E-state index contributed by atoms with van der Waals surface area (Å²) in [5, 5.41) is 25.2. The second-order valence-corrected chi connectivity index (χ2v) is 0.289. The van der Waals surface area contributed by atoms with E-state index in [0.29, 0.717) is 0 Å². The van der Waals surface area contributed by atoms with Crippen LogP contribution in [0, 0.1) is 0 Å². The molecular weight excluding hydrogens is 137 g/mol. The molecule has 0 aliphatic carbocycles. The van der Waals surface area contributed by atoms with Crippen LogP contribution in [0.2, 0.25) is 0 Å². The van der Waals surface area contributed by atoms with Gasteiger partial charge in [0.25, 0.3) is 0 Å². The highest BCUT2D eigenvalue weighted by Gasteiger charge is 1.17. The van der Waals surface area contributed by atoms with E-state index in [9.17, 15) is 0 Å². The van der Waals surface area contributed by atoms with Gasteiger partial charge >= 0.3 is 0 Å². The van der Waals surface area contributed by atoms with Crippen molar-refractivity contribution >= 4 is 7.32 Å². The van der Waals surface area contributed by atoms with E-state index in [-0.39, 0.29) is 0 Å². The Labute approximate surface area is 61.8 Å². The van der Waals surface area contributed by atoms with Gasteiger partial charge in [0.2, 0.25) is 0 Å². The van der Waals surface area contributed by atoms with Gasteiger partial charge in [-0.25, -0.2) is 0 Å². The third-order valence-electron chi connectivity index (χ3n) is 0. The van der Waals surface area contributed by atoms with E-state index in [0.717, 1.165) is 0 Å². The van der Waals surface area contributed by atoms with Crippen LogP contribution in [0.5, 0.6) is 0 Å². The van der Waals surface area contributed by atoms with Crippen LogP contribution in [0.25, 0.3) is 0 Å². The summed E-state index contributed by atoms with van der Waals surface area (Å²) in [5.41, 5.74) is 9.75. The van der Waals surface area contributed by atoms with E-state index in [1.54, 1.807) is 21.1 Å². The zero-order chi connectivity index (χ0) is 9.58. The van der Waals surface area contributed by atoms with Gasteiger partial charge in [0, 0.05) is 0 Å². The van der Waals surface area contributed by atoms with Crippen molar-refractivity contribution in [3.8, 4) is 0 Å². The van der Waals surface area contributed by atoms with Crippen molar-refractivity contribution in [2.75, 3.05) is 21.1 Å². The van der Waals surface area contributed by atoms with Crippen molar-refractivity contribution in [3.63, 3.8) is 0 Å². The van der Waals surface area contributed by atoms with E-state index in [2.05, 4.69) is 17.2 Å². The van der Waals surface area contributed by atoms with Crippen LogP contribution in [0.15, 0.2) is 0 Å². The summed E-state index contributed by atoms with van der Waals surface area (Å²) in [6.45, 7) is 0. The molecule has 0 atom stereocenters. The average molecular weight is 155 g/mol. The molecule has 66 valence electrons. The Morgan fingerprint density at radius 1 is 0.700 bits per heavy atom. The van der Waals surface area contributed by atoms with Crippen molar-refractivity contribution in [1.29, 1.82) is 0 Å². The lowest BCUT2D eigenvalue weighted by atomic mass is 10.3. The lowest BCUT2D eigenvalue weighted by Gasteiger charge is -2.35. The fourth-order valence-electron chi connectivity index (χ4n) is 0. The fraction of sp³-hybridized carbons (Fsp3) is 1.00. The quantitative estimate of drug-likeness (QED) is 0.298. The minimum atomic E-state index is -2.92. The number of rotatable bonds is 0. The highest BCUT2D eigenvalue weighted by Crippen LogP contribution is 0.994. The molecule has 0 aromatic carbocycles. The summed E-state index contributed by atoms with van der Waals surface area (Å²) in [6, 6.07) is 0. The molecule has 0 heterocycles. The van der Waals surface area contributed by atoms with Gasteiger partial charge in [-0.2, -0.15) is 0 Å². The Bertz CT molecular complexity index is 23.7. The van der Waals surface area contributed by atoms with Gasteiger partial charge in [0.15, 0.2) is 0 Å². The molecule has 0 saturated carbocycles. The first-order chi connectivity index (χ1) is 4.73. The predicted octanol–water partition coefficient (Wildman–Crippen LogP) is -7.37. The molecule has 6 nitrogen and oxygen atoms in total. The molecule has 0 unspecified atom stereocenters.